The third-order valence-electron chi connectivity index (χ3n) is 3.59. The zero-order chi connectivity index (χ0) is 16.5. The highest BCUT2D eigenvalue weighted by atomic mass is 19.1. The molecule has 2 aromatic heterocycles. The molecule has 0 bridgehead atoms. The molecule has 4 N–H and O–H groups in total. The SMILES string of the molecule is Nc1nc(-c2ccccc2)nc2n[nH]c(Nc3ccc(F)cc3)c12. The molecule has 0 atom stereocenters. The second-order valence-electron chi connectivity index (χ2n) is 5.23. The minimum absolute atomic E-state index is 0.301. The third kappa shape index (κ3) is 2.52. The van der Waals surface area contributed by atoms with Crippen LogP contribution in [0.4, 0.5) is 21.7 Å². The van der Waals surface area contributed by atoms with Gasteiger partial charge in [-0.2, -0.15) is 5.10 Å². The summed E-state index contributed by atoms with van der Waals surface area (Å²) in [5.74, 6) is 1.09. The number of anilines is 3. The molecular formula is C17H13FN6. The van der Waals surface area contributed by atoms with Gasteiger partial charge in [0.25, 0.3) is 0 Å². The van der Waals surface area contributed by atoms with E-state index >= 15 is 0 Å². The minimum Gasteiger partial charge on any atom is -0.383 e. The maximum atomic E-state index is 13.0. The summed E-state index contributed by atoms with van der Waals surface area (Å²) in [7, 11) is 0. The molecule has 0 spiro atoms. The van der Waals surface area contributed by atoms with Crippen LogP contribution < -0.4 is 11.1 Å². The van der Waals surface area contributed by atoms with Gasteiger partial charge in [-0.3, -0.25) is 5.10 Å². The smallest absolute Gasteiger partial charge is 0.188 e. The van der Waals surface area contributed by atoms with Crippen molar-refractivity contribution in [3.05, 3.63) is 60.4 Å². The van der Waals surface area contributed by atoms with Gasteiger partial charge in [0.1, 0.15) is 22.8 Å². The number of hydrogen-bond acceptors (Lipinski definition) is 5. The molecule has 2 aromatic carbocycles. The second-order valence-corrected chi connectivity index (χ2v) is 5.23. The summed E-state index contributed by atoms with van der Waals surface area (Å²) in [5.41, 5.74) is 8.14. The van der Waals surface area contributed by atoms with Crippen molar-refractivity contribution in [3.8, 4) is 11.4 Å². The molecule has 24 heavy (non-hydrogen) atoms. The molecule has 118 valence electrons. The van der Waals surface area contributed by atoms with Crippen LogP contribution in [-0.4, -0.2) is 20.2 Å². The number of nitrogens with one attached hydrogen (secondary N) is 2. The summed E-state index contributed by atoms with van der Waals surface area (Å²) < 4.78 is 13.0. The van der Waals surface area contributed by atoms with E-state index in [0.717, 1.165) is 5.56 Å². The Hall–Kier alpha value is -3.48. The fourth-order valence-corrected chi connectivity index (χ4v) is 2.44. The second kappa shape index (κ2) is 5.62. The summed E-state index contributed by atoms with van der Waals surface area (Å²) in [4.78, 5) is 8.82. The number of halogens is 1. The van der Waals surface area contributed by atoms with E-state index < -0.39 is 0 Å². The van der Waals surface area contributed by atoms with Crippen molar-refractivity contribution in [3.63, 3.8) is 0 Å². The lowest BCUT2D eigenvalue weighted by molar-refractivity contribution is 0.628. The van der Waals surface area contributed by atoms with Crippen LogP contribution in [-0.2, 0) is 0 Å². The molecule has 0 saturated carbocycles. The van der Waals surface area contributed by atoms with Crippen molar-refractivity contribution in [1.82, 2.24) is 20.2 Å². The predicted molar refractivity (Wildman–Crippen MR) is 91.2 cm³/mol. The third-order valence-corrected chi connectivity index (χ3v) is 3.59. The van der Waals surface area contributed by atoms with Gasteiger partial charge < -0.3 is 11.1 Å². The van der Waals surface area contributed by atoms with Gasteiger partial charge in [-0.05, 0) is 24.3 Å². The summed E-state index contributed by atoms with van der Waals surface area (Å²) in [5, 5.41) is 10.8. The first-order chi connectivity index (χ1) is 11.7. The van der Waals surface area contributed by atoms with E-state index in [1.165, 1.54) is 12.1 Å². The first kappa shape index (κ1) is 14.1. The van der Waals surface area contributed by atoms with E-state index in [2.05, 4.69) is 25.5 Å². The quantitative estimate of drug-likeness (QED) is 0.537. The number of fused-ring (bicyclic) bond motifs is 1. The van der Waals surface area contributed by atoms with Crippen LogP contribution in [0.2, 0.25) is 0 Å². The van der Waals surface area contributed by atoms with E-state index in [4.69, 9.17) is 5.73 Å². The van der Waals surface area contributed by atoms with Gasteiger partial charge in [0.2, 0.25) is 0 Å². The summed E-state index contributed by atoms with van der Waals surface area (Å²) in [6, 6.07) is 15.5. The predicted octanol–water partition coefficient (Wildman–Crippen LogP) is 3.48. The molecule has 0 radical (unpaired) electrons. The van der Waals surface area contributed by atoms with Gasteiger partial charge in [-0.1, -0.05) is 30.3 Å². The number of benzene rings is 2. The van der Waals surface area contributed by atoms with Gasteiger partial charge in [-0.25, -0.2) is 14.4 Å². The average Bonchev–Trinajstić information content (AvgIpc) is 3.01. The number of nitrogens with two attached hydrogens (primary N) is 1. The largest absolute Gasteiger partial charge is 0.383 e. The van der Waals surface area contributed by atoms with Crippen LogP contribution >= 0.6 is 0 Å². The maximum absolute atomic E-state index is 13.0. The lowest BCUT2D eigenvalue weighted by Gasteiger charge is -2.06. The van der Waals surface area contributed by atoms with E-state index in [1.54, 1.807) is 12.1 Å². The standard InChI is InChI=1S/C17H13FN6/c18-11-6-8-12(9-7-11)20-16-13-14(19)21-15(22-17(13)24-23-16)10-4-2-1-3-5-10/h1-9H,(H4,19,20,21,22,23,24). The molecule has 0 aliphatic carbocycles. The Bertz CT molecular complexity index is 995. The Morgan fingerprint density at radius 3 is 2.46 bits per heavy atom. The first-order valence-electron chi connectivity index (χ1n) is 7.30. The van der Waals surface area contributed by atoms with Crippen molar-refractivity contribution in [2.24, 2.45) is 0 Å². The zero-order valence-electron chi connectivity index (χ0n) is 12.5. The number of rotatable bonds is 3. The topological polar surface area (TPSA) is 92.5 Å². The zero-order valence-corrected chi connectivity index (χ0v) is 12.5. The van der Waals surface area contributed by atoms with Crippen molar-refractivity contribution in [2.75, 3.05) is 11.1 Å². The number of hydrogen-bond donors (Lipinski definition) is 3. The summed E-state index contributed by atoms with van der Waals surface area (Å²) in [6.45, 7) is 0. The van der Waals surface area contributed by atoms with Gasteiger partial charge in [0.15, 0.2) is 11.5 Å². The molecule has 7 heteroatoms. The highest BCUT2D eigenvalue weighted by Crippen LogP contribution is 2.29. The molecular weight excluding hydrogens is 307 g/mol. The van der Waals surface area contributed by atoms with Gasteiger partial charge in [0, 0.05) is 11.3 Å². The molecule has 0 unspecified atom stereocenters. The van der Waals surface area contributed by atoms with Crippen LogP contribution in [0, 0.1) is 5.82 Å². The van der Waals surface area contributed by atoms with Crippen LogP contribution in [0.15, 0.2) is 54.6 Å². The Kier molecular flexibility index (Phi) is 3.31. The average molecular weight is 320 g/mol. The van der Waals surface area contributed by atoms with Crippen molar-refractivity contribution in [2.45, 2.75) is 0 Å². The van der Waals surface area contributed by atoms with Crippen molar-refractivity contribution < 1.29 is 4.39 Å². The Morgan fingerprint density at radius 2 is 1.71 bits per heavy atom. The van der Waals surface area contributed by atoms with E-state index in [9.17, 15) is 4.39 Å². The van der Waals surface area contributed by atoms with E-state index in [0.29, 0.717) is 34.2 Å². The molecule has 0 saturated heterocycles. The molecule has 0 aliphatic rings. The highest BCUT2D eigenvalue weighted by molar-refractivity contribution is 5.97. The number of nitrogen functional groups attached to an aromatic ring is 1. The van der Waals surface area contributed by atoms with Crippen molar-refractivity contribution >= 4 is 28.4 Å². The number of H-pyrrole nitrogens is 1. The van der Waals surface area contributed by atoms with Gasteiger partial charge in [0.05, 0.1) is 0 Å². The first-order valence-corrected chi connectivity index (χ1v) is 7.30. The summed E-state index contributed by atoms with van der Waals surface area (Å²) in [6.07, 6.45) is 0. The fraction of sp³-hybridized carbons (Fsp3) is 0. The maximum Gasteiger partial charge on any atom is 0.188 e. The Balaban J connectivity index is 1.75. The van der Waals surface area contributed by atoms with Gasteiger partial charge >= 0.3 is 0 Å². The molecule has 0 aliphatic heterocycles. The van der Waals surface area contributed by atoms with Crippen LogP contribution in [0.1, 0.15) is 0 Å². The molecule has 6 nitrogen and oxygen atoms in total. The minimum atomic E-state index is -0.301. The molecule has 0 fully saturated rings. The van der Waals surface area contributed by atoms with Crippen molar-refractivity contribution in [1.29, 1.82) is 0 Å². The molecule has 2 heterocycles. The van der Waals surface area contributed by atoms with Crippen LogP contribution in [0.5, 0.6) is 0 Å². The Morgan fingerprint density at radius 1 is 0.958 bits per heavy atom. The lowest BCUT2D eigenvalue weighted by Crippen LogP contribution is -1.98. The lowest BCUT2D eigenvalue weighted by atomic mass is 10.2. The monoisotopic (exact) mass is 320 g/mol. The number of aromatic amines is 1. The van der Waals surface area contributed by atoms with E-state index in [1.807, 2.05) is 30.3 Å². The molecule has 0 amide bonds. The molecule has 4 aromatic rings. The van der Waals surface area contributed by atoms with Crippen LogP contribution in [0.3, 0.4) is 0 Å². The van der Waals surface area contributed by atoms with E-state index in [-0.39, 0.29) is 5.82 Å². The summed E-state index contributed by atoms with van der Waals surface area (Å²) >= 11 is 0. The highest BCUT2D eigenvalue weighted by Gasteiger charge is 2.14. The fourth-order valence-electron chi connectivity index (χ4n) is 2.44. The number of aromatic nitrogens is 4. The van der Waals surface area contributed by atoms with Gasteiger partial charge in [-0.15, -0.1) is 0 Å². The van der Waals surface area contributed by atoms with Crippen LogP contribution in [0.25, 0.3) is 22.4 Å². The normalized spacial score (nSPS) is 10.9. The Labute approximate surface area is 136 Å². The number of nitrogens with zero attached hydrogens (tertiary/aromatic N) is 3. The molecule has 4 rings (SSSR count).